The van der Waals surface area contributed by atoms with Crippen molar-refractivity contribution in [1.82, 2.24) is 0 Å². The molecule has 1 rings (SSSR count). The fourth-order valence-corrected chi connectivity index (χ4v) is 1.96. The lowest BCUT2D eigenvalue weighted by Gasteiger charge is -2.15. The molecule has 1 N–H and O–H groups in total. The largest absolute Gasteiger partial charge is 0.478 e. The van der Waals surface area contributed by atoms with Crippen molar-refractivity contribution in [2.24, 2.45) is 11.8 Å². The SMILES string of the molecule is CC(C)C(C)C(=O)c1cc(C(=O)O)c(F)cc1Br. The van der Waals surface area contributed by atoms with Gasteiger partial charge in [0.25, 0.3) is 0 Å². The Morgan fingerprint density at radius 2 is 1.78 bits per heavy atom. The van der Waals surface area contributed by atoms with Crippen molar-refractivity contribution in [3.63, 3.8) is 0 Å². The quantitative estimate of drug-likeness (QED) is 0.860. The predicted molar refractivity (Wildman–Crippen MR) is 69.4 cm³/mol. The lowest BCUT2D eigenvalue weighted by atomic mass is 9.89. The van der Waals surface area contributed by atoms with Gasteiger partial charge in [-0.2, -0.15) is 0 Å². The van der Waals surface area contributed by atoms with Gasteiger partial charge >= 0.3 is 5.97 Å². The number of ketones is 1. The van der Waals surface area contributed by atoms with Crippen molar-refractivity contribution >= 4 is 27.7 Å². The summed E-state index contributed by atoms with van der Waals surface area (Å²) in [5.41, 5.74) is -0.285. The van der Waals surface area contributed by atoms with Crippen LogP contribution in [0.5, 0.6) is 0 Å². The van der Waals surface area contributed by atoms with Crippen LogP contribution in [0.2, 0.25) is 0 Å². The second kappa shape index (κ2) is 5.61. The molecule has 0 heterocycles. The smallest absolute Gasteiger partial charge is 0.338 e. The summed E-state index contributed by atoms with van der Waals surface area (Å²) in [6, 6.07) is 2.10. The minimum atomic E-state index is -1.38. The topological polar surface area (TPSA) is 54.4 Å². The Morgan fingerprint density at radius 3 is 2.22 bits per heavy atom. The zero-order valence-electron chi connectivity index (χ0n) is 10.3. The number of aromatic carboxylic acids is 1. The van der Waals surface area contributed by atoms with E-state index in [1.807, 2.05) is 13.8 Å². The van der Waals surface area contributed by atoms with Crippen molar-refractivity contribution in [1.29, 1.82) is 0 Å². The molecule has 0 aliphatic rings. The van der Waals surface area contributed by atoms with Crippen LogP contribution in [0.4, 0.5) is 4.39 Å². The third-order valence-electron chi connectivity index (χ3n) is 2.97. The van der Waals surface area contributed by atoms with Crippen LogP contribution in [0.1, 0.15) is 41.5 Å². The van der Waals surface area contributed by atoms with Crippen LogP contribution in [0.25, 0.3) is 0 Å². The number of benzene rings is 1. The summed E-state index contributed by atoms with van der Waals surface area (Å²) in [6.07, 6.45) is 0. The van der Waals surface area contributed by atoms with Crippen molar-refractivity contribution in [3.8, 4) is 0 Å². The molecule has 18 heavy (non-hydrogen) atoms. The van der Waals surface area contributed by atoms with Gasteiger partial charge in [0.05, 0.1) is 5.56 Å². The van der Waals surface area contributed by atoms with Gasteiger partial charge in [-0.25, -0.2) is 9.18 Å². The average molecular weight is 317 g/mol. The Kier molecular flexibility index (Phi) is 4.62. The van der Waals surface area contributed by atoms with E-state index in [0.717, 1.165) is 12.1 Å². The zero-order chi connectivity index (χ0) is 14.0. The monoisotopic (exact) mass is 316 g/mol. The number of carboxylic acids is 1. The molecule has 5 heteroatoms. The fraction of sp³-hybridized carbons (Fsp3) is 0.385. The summed E-state index contributed by atoms with van der Waals surface area (Å²) in [5, 5.41) is 8.84. The highest BCUT2D eigenvalue weighted by Crippen LogP contribution is 2.26. The van der Waals surface area contributed by atoms with Gasteiger partial charge in [0.2, 0.25) is 0 Å². The minimum Gasteiger partial charge on any atom is -0.478 e. The first-order valence-corrected chi connectivity index (χ1v) is 6.31. The van der Waals surface area contributed by atoms with Gasteiger partial charge in [0, 0.05) is 16.0 Å². The van der Waals surface area contributed by atoms with Crippen LogP contribution in [0.3, 0.4) is 0 Å². The number of halogens is 2. The maximum Gasteiger partial charge on any atom is 0.338 e. The van der Waals surface area contributed by atoms with Crippen LogP contribution in [-0.4, -0.2) is 16.9 Å². The van der Waals surface area contributed by atoms with E-state index in [-0.39, 0.29) is 27.7 Å². The molecule has 0 radical (unpaired) electrons. The van der Waals surface area contributed by atoms with Gasteiger partial charge in [-0.1, -0.05) is 20.8 Å². The third kappa shape index (κ3) is 2.96. The van der Waals surface area contributed by atoms with Gasteiger partial charge in [-0.15, -0.1) is 0 Å². The molecule has 0 spiro atoms. The summed E-state index contributed by atoms with van der Waals surface area (Å²) >= 11 is 3.09. The molecule has 0 amide bonds. The molecule has 3 nitrogen and oxygen atoms in total. The molecule has 1 unspecified atom stereocenters. The second-order valence-corrected chi connectivity index (χ2v) is 5.37. The normalized spacial score (nSPS) is 12.6. The van der Waals surface area contributed by atoms with Crippen LogP contribution < -0.4 is 0 Å². The van der Waals surface area contributed by atoms with Gasteiger partial charge < -0.3 is 5.11 Å². The van der Waals surface area contributed by atoms with E-state index in [2.05, 4.69) is 15.9 Å². The molecule has 0 fully saturated rings. The molecule has 0 aromatic heterocycles. The zero-order valence-corrected chi connectivity index (χ0v) is 11.9. The van der Waals surface area contributed by atoms with Crippen LogP contribution in [-0.2, 0) is 0 Å². The first-order chi connectivity index (χ1) is 8.25. The second-order valence-electron chi connectivity index (χ2n) is 4.51. The van der Waals surface area contributed by atoms with E-state index in [1.54, 1.807) is 6.92 Å². The maximum absolute atomic E-state index is 13.4. The first-order valence-electron chi connectivity index (χ1n) is 5.52. The summed E-state index contributed by atoms with van der Waals surface area (Å²) < 4.78 is 13.7. The molecular formula is C13H14BrFO3. The summed E-state index contributed by atoms with van der Waals surface area (Å²) in [6.45, 7) is 5.57. The Balaban J connectivity index is 3.29. The number of hydrogen-bond acceptors (Lipinski definition) is 2. The van der Waals surface area contributed by atoms with E-state index >= 15 is 0 Å². The average Bonchev–Trinajstić information content (AvgIpc) is 2.26. The number of carbonyl (C=O) groups excluding carboxylic acids is 1. The number of rotatable bonds is 4. The molecule has 0 aliphatic heterocycles. The highest BCUT2D eigenvalue weighted by atomic mass is 79.9. The van der Waals surface area contributed by atoms with Crippen LogP contribution >= 0.6 is 15.9 Å². The number of Topliss-reactive ketones (excluding diaryl/α,β-unsaturated/α-hetero) is 1. The van der Waals surface area contributed by atoms with Gasteiger partial charge in [-0.3, -0.25) is 4.79 Å². The van der Waals surface area contributed by atoms with E-state index in [1.165, 1.54) is 0 Å². The Morgan fingerprint density at radius 1 is 1.22 bits per heavy atom. The molecule has 0 saturated heterocycles. The summed E-state index contributed by atoms with van der Waals surface area (Å²) in [5.74, 6) is -2.56. The number of hydrogen-bond donors (Lipinski definition) is 1. The van der Waals surface area contributed by atoms with Gasteiger partial charge in [0.15, 0.2) is 5.78 Å². The predicted octanol–water partition coefficient (Wildman–Crippen LogP) is 3.76. The highest BCUT2D eigenvalue weighted by molar-refractivity contribution is 9.10. The summed E-state index contributed by atoms with van der Waals surface area (Å²) in [7, 11) is 0. The first kappa shape index (κ1) is 14.8. The molecule has 0 saturated carbocycles. The van der Waals surface area contributed by atoms with Crippen molar-refractivity contribution in [3.05, 3.63) is 33.5 Å². The van der Waals surface area contributed by atoms with E-state index < -0.39 is 17.3 Å². The standard InChI is InChI=1S/C13H14BrFO3/c1-6(2)7(3)12(16)8-4-9(13(17)18)11(15)5-10(8)14/h4-7H,1-3H3,(H,17,18). The van der Waals surface area contributed by atoms with Crippen LogP contribution in [0, 0.1) is 17.7 Å². The lowest BCUT2D eigenvalue weighted by molar-refractivity contribution is 0.0692. The van der Waals surface area contributed by atoms with Crippen LogP contribution in [0.15, 0.2) is 16.6 Å². The van der Waals surface area contributed by atoms with E-state index in [4.69, 9.17) is 5.11 Å². The maximum atomic E-state index is 13.4. The van der Waals surface area contributed by atoms with Crippen molar-refractivity contribution in [2.45, 2.75) is 20.8 Å². The van der Waals surface area contributed by atoms with Gasteiger partial charge in [-0.05, 0) is 34.0 Å². The fourth-order valence-electron chi connectivity index (χ4n) is 1.45. The third-order valence-corrected chi connectivity index (χ3v) is 3.62. The Labute approximate surface area is 113 Å². The molecule has 1 aromatic rings. The molecular weight excluding hydrogens is 303 g/mol. The molecule has 1 atom stereocenters. The van der Waals surface area contributed by atoms with Gasteiger partial charge in [0.1, 0.15) is 5.82 Å². The minimum absolute atomic E-state index is 0.128. The van der Waals surface area contributed by atoms with Crippen molar-refractivity contribution in [2.75, 3.05) is 0 Å². The summed E-state index contributed by atoms with van der Waals surface area (Å²) in [4.78, 5) is 23.0. The lowest BCUT2D eigenvalue weighted by Crippen LogP contribution is -2.18. The Hall–Kier alpha value is -1.23. The number of carboxylic acid groups (broad SMARTS) is 1. The molecule has 0 aliphatic carbocycles. The number of carbonyl (C=O) groups is 2. The van der Waals surface area contributed by atoms with E-state index in [0.29, 0.717) is 0 Å². The molecule has 1 aromatic carbocycles. The highest BCUT2D eigenvalue weighted by Gasteiger charge is 2.23. The molecule has 98 valence electrons. The Bertz CT molecular complexity index is 497. The van der Waals surface area contributed by atoms with E-state index in [9.17, 15) is 14.0 Å². The molecule has 0 bridgehead atoms. The van der Waals surface area contributed by atoms with Crippen molar-refractivity contribution < 1.29 is 19.1 Å².